The lowest BCUT2D eigenvalue weighted by Gasteiger charge is -2.35. The highest BCUT2D eigenvalue weighted by molar-refractivity contribution is 7.87. The van der Waals surface area contributed by atoms with Crippen LogP contribution in [0.4, 0.5) is 4.79 Å². The van der Waals surface area contributed by atoms with Crippen LogP contribution in [0.15, 0.2) is 0 Å². The molecule has 0 radical (unpaired) electrons. The Hall–Kier alpha value is -0.570. The molecule has 0 aromatic rings. The molecule has 0 bridgehead atoms. The van der Waals surface area contributed by atoms with Crippen molar-refractivity contribution in [2.24, 2.45) is 0 Å². The molecule has 0 saturated carbocycles. The lowest BCUT2D eigenvalue weighted by atomic mass is 10.2. The maximum absolute atomic E-state index is 12.1. The van der Waals surface area contributed by atoms with E-state index in [9.17, 15) is 13.2 Å². The van der Waals surface area contributed by atoms with Crippen LogP contribution in [0.2, 0.25) is 0 Å². The Labute approximate surface area is 118 Å². The van der Waals surface area contributed by atoms with E-state index in [2.05, 4.69) is 0 Å². The summed E-state index contributed by atoms with van der Waals surface area (Å²) in [4.78, 5) is 11.4. The van der Waals surface area contributed by atoms with Gasteiger partial charge in [0.2, 0.25) is 0 Å². The predicted molar refractivity (Wildman–Crippen MR) is 70.3 cm³/mol. The summed E-state index contributed by atoms with van der Waals surface area (Å²) < 4.78 is 37.3. The fraction of sp³-hybridized carbons (Fsp3) is 0.900. The summed E-state index contributed by atoms with van der Waals surface area (Å²) in [5.41, 5.74) is 0. The van der Waals surface area contributed by atoms with Crippen LogP contribution in [0.25, 0.3) is 0 Å². The molecule has 0 aromatic carbocycles. The highest BCUT2D eigenvalue weighted by Crippen LogP contribution is 2.16. The number of amides is 1. The zero-order valence-corrected chi connectivity index (χ0v) is 12.7. The van der Waals surface area contributed by atoms with Crippen molar-refractivity contribution in [3.8, 4) is 0 Å². The van der Waals surface area contributed by atoms with Gasteiger partial charge in [-0.2, -0.15) is 12.7 Å². The zero-order chi connectivity index (χ0) is 14.6. The smallest absolute Gasteiger partial charge is 0.422 e. The third-order valence-corrected chi connectivity index (χ3v) is 4.38. The van der Waals surface area contributed by atoms with Crippen LogP contribution < -0.4 is 4.72 Å². The largest absolute Gasteiger partial charge is 0.446 e. The Morgan fingerprint density at radius 1 is 1.58 bits per heavy atom. The number of ether oxygens (including phenoxy) is 2. The molecule has 0 aliphatic carbocycles. The maximum atomic E-state index is 12.1. The Morgan fingerprint density at radius 2 is 2.21 bits per heavy atom. The first-order chi connectivity index (χ1) is 8.76. The minimum absolute atomic E-state index is 0.106. The second-order valence-electron chi connectivity index (χ2n) is 4.59. The van der Waals surface area contributed by atoms with E-state index in [4.69, 9.17) is 21.1 Å². The SMILES string of the molecule is CC(C)OC(=O)NS(=O)(=O)N1CC(CCl)OCC1C. The molecule has 2 unspecified atom stereocenters. The monoisotopic (exact) mass is 314 g/mol. The molecule has 19 heavy (non-hydrogen) atoms. The van der Waals surface area contributed by atoms with Gasteiger partial charge >= 0.3 is 16.3 Å². The van der Waals surface area contributed by atoms with Gasteiger partial charge in [0.1, 0.15) is 0 Å². The molecule has 1 aliphatic rings. The van der Waals surface area contributed by atoms with Crippen molar-refractivity contribution in [2.75, 3.05) is 19.0 Å². The van der Waals surface area contributed by atoms with Crippen LogP contribution in [0.5, 0.6) is 0 Å². The number of nitrogens with zero attached hydrogens (tertiary/aromatic N) is 1. The summed E-state index contributed by atoms with van der Waals surface area (Å²) >= 11 is 5.66. The van der Waals surface area contributed by atoms with Crippen molar-refractivity contribution in [3.63, 3.8) is 0 Å². The Bertz CT molecular complexity index is 414. The van der Waals surface area contributed by atoms with Gasteiger partial charge in [0.15, 0.2) is 0 Å². The van der Waals surface area contributed by atoms with Gasteiger partial charge in [0.05, 0.1) is 18.8 Å². The van der Waals surface area contributed by atoms with Gasteiger partial charge in [-0.25, -0.2) is 9.52 Å². The number of hydrogen-bond donors (Lipinski definition) is 1. The van der Waals surface area contributed by atoms with Crippen molar-refractivity contribution >= 4 is 27.9 Å². The average molecular weight is 315 g/mol. The number of morpholine rings is 1. The molecule has 0 spiro atoms. The first-order valence-corrected chi connectivity index (χ1v) is 7.91. The first-order valence-electron chi connectivity index (χ1n) is 5.94. The summed E-state index contributed by atoms with van der Waals surface area (Å²) in [6.45, 7) is 5.30. The van der Waals surface area contributed by atoms with Crippen LogP contribution in [0, 0.1) is 0 Å². The van der Waals surface area contributed by atoms with Crippen molar-refractivity contribution in [1.82, 2.24) is 9.03 Å². The van der Waals surface area contributed by atoms with E-state index in [-0.39, 0.29) is 31.2 Å². The molecule has 112 valence electrons. The molecule has 1 amide bonds. The number of hydrogen-bond acceptors (Lipinski definition) is 5. The molecular weight excluding hydrogens is 296 g/mol. The van der Waals surface area contributed by atoms with Crippen LogP contribution in [-0.4, -0.2) is 56.1 Å². The molecular formula is C10H19ClN2O5S. The van der Waals surface area contributed by atoms with Crippen molar-refractivity contribution in [3.05, 3.63) is 0 Å². The van der Waals surface area contributed by atoms with Gasteiger partial charge in [-0.1, -0.05) is 0 Å². The van der Waals surface area contributed by atoms with E-state index in [0.29, 0.717) is 0 Å². The van der Waals surface area contributed by atoms with Crippen LogP contribution in [0.3, 0.4) is 0 Å². The number of carbonyl (C=O) groups excluding carboxylic acids is 1. The summed E-state index contributed by atoms with van der Waals surface area (Å²) in [7, 11) is -3.95. The Morgan fingerprint density at radius 3 is 2.74 bits per heavy atom. The summed E-state index contributed by atoms with van der Waals surface area (Å²) in [5.74, 6) is 0.190. The maximum Gasteiger partial charge on any atom is 0.422 e. The van der Waals surface area contributed by atoms with E-state index in [0.717, 1.165) is 4.31 Å². The van der Waals surface area contributed by atoms with Crippen molar-refractivity contribution in [1.29, 1.82) is 0 Å². The lowest BCUT2D eigenvalue weighted by molar-refractivity contribution is -0.0156. The fourth-order valence-electron chi connectivity index (χ4n) is 1.62. The highest BCUT2D eigenvalue weighted by Gasteiger charge is 2.35. The summed E-state index contributed by atoms with van der Waals surface area (Å²) in [6, 6.07) is -0.371. The normalized spacial score (nSPS) is 25.3. The standard InChI is InChI=1S/C10H19ClN2O5S/c1-7(2)18-10(14)12-19(15,16)13-5-9(4-11)17-6-8(13)3/h7-9H,4-6H2,1-3H3,(H,12,14). The van der Waals surface area contributed by atoms with Gasteiger partial charge < -0.3 is 9.47 Å². The minimum atomic E-state index is -3.95. The fourth-order valence-corrected chi connectivity index (χ4v) is 3.08. The van der Waals surface area contributed by atoms with Crippen molar-refractivity contribution in [2.45, 2.75) is 39.0 Å². The van der Waals surface area contributed by atoms with Gasteiger partial charge in [0, 0.05) is 18.5 Å². The van der Waals surface area contributed by atoms with Gasteiger partial charge in [-0.15, -0.1) is 11.6 Å². The second-order valence-corrected chi connectivity index (χ2v) is 6.52. The molecule has 2 atom stereocenters. The molecule has 7 nitrogen and oxygen atoms in total. The van der Waals surface area contributed by atoms with Gasteiger partial charge in [-0.3, -0.25) is 0 Å². The van der Waals surface area contributed by atoms with Crippen LogP contribution in [0.1, 0.15) is 20.8 Å². The lowest BCUT2D eigenvalue weighted by Crippen LogP contribution is -2.55. The third kappa shape index (κ3) is 4.79. The molecule has 1 heterocycles. The third-order valence-electron chi connectivity index (χ3n) is 2.48. The first kappa shape index (κ1) is 16.5. The highest BCUT2D eigenvalue weighted by atomic mass is 35.5. The van der Waals surface area contributed by atoms with Gasteiger partial charge in [-0.05, 0) is 20.8 Å². The molecule has 1 saturated heterocycles. The van der Waals surface area contributed by atoms with Gasteiger partial charge in [0.25, 0.3) is 0 Å². The number of rotatable bonds is 4. The van der Waals surface area contributed by atoms with E-state index in [1.807, 2.05) is 4.72 Å². The molecule has 0 aromatic heterocycles. The molecule has 1 fully saturated rings. The molecule has 1 aliphatic heterocycles. The minimum Gasteiger partial charge on any atom is -0.446 e. The molecule has 1 N–H and O–H groups in total. The average Bonchev–Trinajstić information content (AvgIpc) is 2.27. The van der Waals surface area contributed by atoms with Crippen LogP contribution in [-0.2, 0) is 19.7 Å². The second kappa shape index (κ2) is 6.74. The summed E-state index contributed by atoms with van der Waals surface area (Å²) in [6.07, 6.45) is -1.76. The Balaban J connectivity index is 2.72. The number of nitrogens with one attached hydrogen (secondary N) is 1. The zero-order valence-electron chi connectivity index (χ0n) is 11.1. The van der Waals surface area contributed by atoms with E-state index in [1.165, 1.54) is 0 Å². The number of alkyl halides is 1. The molecule has 1 rings (SSSR count). The van der Waals surface area contributed by atoms with E-state index < -0.39 is 22.4 Å². The quantitative estimate of drug-likeness (QED) is 0.772. The summed E-state index contributed by atoms with van der Waals surface area (Å²) in [5, 5.41) is 0. The topological polar surface area (TPSA) is 84.9 Å². The number of halogens is 1. The van der Waals surface area contributed by atoms with Crippen LogP contribution >= 0.6 is 11.6 Å². The van der Waals surface area contributed by atoms with Crippen molar-refractivity contribution < 1.29 is 22.7 Å². The molecule has 9 heteroatoms. The predicted octanol–water partition coefficient (Wildman–Crippen LogP) is 0.694. The number of carbonyl (C=O) groups is 1. The van der Waals surface area contributed by atoms with E-state index in [1.54, 1.807) is 20.8 Å². The van der Waals surface area contributed by atoms with E-state index >= 15 is 0 Å². The Kier molecular flexibility index (Phi) is 5.84.